The highest BCUT2D eigenvalue weighted by molar-refractivity contribution is 5.79. The summed E-state index contributed by atoms with van der Waals surface area (Å²) in [6.45, 7) is 2.33. The van der Waals surface area contributed by atoms with E-state index in [4.69, 9.17) is 18.9 Å². The molecule has 0 saturated carbocycles. The summed E-state index contributed by atoms with van der Waals surface area (Å²) < 4.78 is 21.3. The van der Waals surface area contributed by atoms with Gasteiger partial charge in [-0.1, -0.05) is 17.7 Å². The molecular formula is C20H25NO5. The number of methoxy groups -OCH3 is 4. The van der Waals surface area contributed by atoms with E-state index in [9.17, 15) is 4.79 Å². The lowest BCUT2D eigenvalue weighted by molar-refractivity contribution is -0.120. The molecule has 2 aromatic carbocycles. The van der Waals surface area contributed by atoms with E-state index in [-0.39, 0.29) is 12.3 Å². The van der Waals surface area contributed by atoms with Gasteiger partial charge in [0.25, 0.3) is 0 Å². The zero-order valence-corrected chi connectivity index (χ0v) is 15.8. The fraction of sp³-hybridized carbons (Fsp3) is 0.350. The number of carbonyl (C=O) groups is 1. The summed E-state index contributed by atoms with van der Waals surface area (Å²) in [6.07, 6.45) is 0.245. The standard InChI is InChI=1S/C20H25NO5/c1-13-6-7-16(23-2)15(8-13)11-19(22)21-12-14-9-17(24-3)20(26-5)18(10-14)25-4/h6-10H,11-12H2,1-5H3,(H,21,22). The number of hydrogen-bond acceptors (Lipinski definition) is 5. The Morgan fingerprint density at radius 1 is 0.885 bits per heavy atom. The van der Waals surface area contributed by atoms with Gasteiger partial charge in [-0.15, -0.1) is 0 Å². The van der Waals surface area contributed by atoms with Crippen molar-refractivity contribution in [3.05, 3.63) is 47.0 Å². The van der Waals surface area contributed by atoms with Crippen molar-refractivity contribution >= 4 is 5.91 Å². The topological polar surface area (TPSA) is 66.0 Å². The summed E-state index contributed by atoms with van der Waals surface area (Å²) in [4.78, 5) is 12.3. The van der Waals surface area contributed by atoms with Gasteiger partial charge in [0.05, 0.1) is 34.9 Å². The zero-order valence-electron chi connectivity index (χ0n) is 15.8. The first kappa shape index (κ1) is 19.4. The Hall–Kier alpha value is -2.89. The molecule has 1 amide bonds. The molecule has 0 aliphatic carbocycles. The van der Waals surface area contributed by atoms with Crippen LogP contribution in [0.1, 0.15) is 16.7 Å². The van der Waals surface area contributed by atoms with Gasteiger partial charge >= 0.3 is 0 Å². The number of ether oxygens (including phenoxy) is 4. The van der Waals surface area contributed by atoms with Gasteiger partial charge in [0, 0.05) is 12.1 Å². The lowest BCUT2D eigenvalue weighted by Gasteiger charge is -2.15. The Kier molecular flexibility index (Phi) is 6.72. The second-order valence-electron chi connectivity index (χ2n) is 5.80. The third kappa shape index (κ3) is 4.59. The quantitative estimate of drug-likeness (QED) is 0.785. The number of amides is 1. The molecule has 1 N–H and O–H groups in total. The molecule has 0 aromatic heterocycles. The van der Waals surface area contributed by atoms with Gasteiger partial charge in [-0.05, 0) is 30.7 Å². The number of aryl methyl sites for hydroxylation is 1. The Morgan fingerprint density at radius 2 is 1.50 bits per heavy atom. The van der Waals surface area contributed by atoms with E-state index >= 15 is 0 Å². The van der Waals surface area contributed by atoms with E-state index in [1.165, 1.54) is 0 Å². The molecule has 0 unspecified atom stereocenters. The Balaban J connectivity index is 2.09. The summed E-state index contributed by atoms with van der Waals surface area (Å²) in [6, 6.07) is 9.41. The van der Waals surface area contributed by atoms with Crippen LogP contribution in [0.3, 0.4) is 0 Å². The van der Waals surface area contributed by atoms with Crippen molar-refractivity contribution in [1.29, 1.82) is 0 Å². The van der Waals surface area contributed by atoms with Crippen molar-refractivity contribution < 1.29 is 23.7 Å². The van der Waals surface area contributed by atoms with Crippen molar-refractivity contribution in [3.8, 4) is 23.0 Å². The highest BCUT2D eigenvalue weighted by Crippen LogP contribution is 2.38. The van der Waals surface area contributed by atoms with Gasteiger partial charge < -0.3 is 24.3 Å². The van der Waals surface area contributed by atoms with Gasteiger partial charge in [-0.25, -0.2) is 0 Å². The minimum absolute atomic E-state index is 0.0948. The summed E-state index contributed by atoms with van der Waals surface area (Å²) >= 11 is 0. The fourth-order valence-corrected chi connectivity index (χ4v) is 2.72. The van der Waals surface area contributed by atoms with Crippen LogP contribution in [0.15, 0.2) is 30.3 Å². The molecular weight excluding hydrogens is 334 g/mol. The third-order valence-electron chi connectivity index (χ3n) is 4.00. The summed E-state index contributed by atoms with van der Waals surface area (Å²) in [5, 5.41) is 2.91. The lowest BCUT2D eigenvalue weighted by atomic mass is 10.1. The van der Waals surface area contributed by atoms with Crippen molar-refractivity contribution in [2.45, 2.75) is 19.9 Å². The molecule has 0 atom stereocenters. The van der Waals surface area contributed by atoms with Crippen LogP contribution in [-0.4, -0.2) is 34.3 Å². The van der Waals surface area contributed by atoms with Crippen LogP contribution in [0.25, 0.3) is 0 Å². The van der Waals surface area contributed by atoms with E-state index < -0.39 is 0 Å². The van der Waals surface area contributed by atoms with E-state index in [0.717, 1.165) is 16.7 Å². The van der Waals surface area contributed by atoms with Crippen molar-refractivity contribution in [1.82, 2.24) is 5.32 Å². The highest BCUT2D eigenvalue weighted by atomic mass is 16.5. The van der Waals surface area contributed by atoms with E-state index in [1.54, 1.807) is 28.4 Å². The van der Waals surface area contributed by atoms with E-state index in [2.05, 4.69) is 5.32 Å². The Morgan fingerprint density at radius 3 is 2.04 bits per heavy atom. The van der Waals surface area contributed by atoms with Crippen molar-refractivity contribution in [3.63, 3.8) is 0 Å². The first-order valence-corrected chi connectivity index (χ1v) is 8.21. The maximum absolute atomic E-state index is 12.3. The van der Waals surface area contributed by atoms with E-state index in [1.807, 2.05) is 37.3 Å². The maximum atomic E-state index is 12.3. The van der Waals surface area contributed by atoms with Crippen LogP contribution in [0.4, 0.5) is 0 Å². The molecule has 26 heavy (non-hydrogen) atoms. The van der Waals surface area contributed by atoms with Crippen LogP contribution in [0, 0.1) is 6.92 Å². The molecule has 2 aromatic rings. The molecule has 0 fully saturated rings. The minimum Gasteiger partial charge on any atom is -0.496 e. The molecule has 0 spiro atoms. The molecule has 0 saturated heterocycles. The fourth-order valence-electron chi connectivity index (χ4n) is 2.72. The largest absolute Gasteiger partial charge is 0.496 e. The first-order chi connectivity index (χ1) is 12.5. The van der Waals surface area contributed by atoms with Gasteiger partial charge in [0.2, 0.25) is 11.7 Å². The predicted molar refractivity (Wildman–Crippen MR) is 99.4 cm³/mol. The molecule has 2 rings (SSSR count). The smallest absolute Gasteiger partial charge is 0.224 e. The maximum Gasteiger partial charge on any atom is 0.224 e. The SMILES string of the molecule is COc1ccc(C)cc1CC(=O)NCc1cc(OC)c(OC)c(OC)c1. The Labute approximate surface area is 154 Å². The van der Waals surface area contributed by atoms with Gasteiger partial charge in [0.1, 0.15) is 5.75 Å². The summed E-state index contributed by atoms with van der Waals surface area (Å²) in [5.41, 5.74) is 2.79. The summed E-state index contributed by atoms with van der Waals surface area (Å²) in [5.74, 6) is 2.24. The number of rotatable bonds is 8. The Bertz CT molecular complexity index is 748. The number of benzene rings is 2. The molecule has 6 nitrogen and oxygen atoms in total. The monoisotopic (exact) mass is 359 g/mol. The normalized spacial score (nSPS) is 10.2. The summed E-state index contributed by atoms with van der Waals surface area (Å²) in [7, 11) is 6.27. The van der Waals surface area contributed by atoms with E-state index in [0.29, 0.717) is 29.5 Å². The second kappa shape index (κ2) is 8.99. The lowest BCUT2D eigenvalue weighted by Crippen LogP contribution is -2.24. The second-order valence-corrected chi connectivity index (χ2v) is 5.80. The predicted octanol–water partition coefficient (Wildman–Crippen LogP) is 2.89. The zero-order chi connectivity index (χ0) is 19.1. The van der Waals surface area contributed by atoms with Gasteiger partial charge in [-0.2, -0.15) is 0 Å². The van der Waals surface area contributed by atoms with Crippen LogP contribution in [0.2, 0.25) is 0 Å². The molecule has 0 heterocycles. The van der Waals surface area contributed by atoms with Crippen molar-refractivity contribution in [2.75, 3.05) is 28.4 Å². The highest BCUT2D eigenvalue weighted by Gasteiger charge is 2.14. The average Bonchev–Trinajstić information content (AvgIpc) is 2.65. The first-order valence-electron chi connectivity index (χ1n) is 8.21. The number of nitrogens with one attached hydrogen (secondary N) is 1. The molecule has 6 heteroatoms. The van der Waals surface area contributed by atoms with Gasteiger partial charge in [-0.3, -0.25) is 4.79 Å². The van der Waals surface area contributed by atoms with Crippen LogP contribution in [0.5, 0.6) is 23.0 Å². The van der Waals surface area contributed by atoms with Crippen LogP contribution >= 0.6 is 0 Å². The third-order valence-corrected chi connectivity index (χ3v) is 4.00. The molecule has 0 bridgehead atoms. The number of hydrogen-bond donors (Lipinski definition) is 1. The van der Waals surface area contributed by atoms with Crippen LogP contribution in [-0.2, 0) is 17.8 Å². The molecule has 0 aliphatic rings. The van der Waals surface area contributed by atoms with Crippen LogP contribution < -0.4 is 24.3 Å². The molecule has 0 aliphatic heterocycles. The molecule has 0 radical (unpaired) electrons. The van der Waals surface area contributed by atoms with Gasteiger partial charge in [0.15, 0.2) is 11.5 Å². The minimum atomic E-state index is -0.0948. The average molecular weight is 359 g/mol. The van der Waals surface area contributed by atoms with Crippen molar-refractivity contribution in [2.24, 2.45) is 0 Å². The molecule has 140 valence electrons. The number of carbonyl (C=O) groups excluding carboxylic acids is 1.